The molecule has 3 rings (SSSR count). The minimum Gasteiger partial charge on any atom is -0.497 e. The molecule has 24 heavy (non-hydrogen) atoms. The van der Waals surface area contributed by atoms with Crippen LogP contribution in [0, 0.1) is 6.92 Å². The molecule has 1 aromatic heterocycles. The smallest absolute Gasteiger partial charge is 0.329 e. The summed E-state index contributed by atoms with van der Waals surface area (Å²) in [5, 5.41) is 16.2. The lowest BCUT2D eigenvalue weighted by molar-refractivity contribution is -0.148. The number of nitrogens with zero attached hydrogens (tertiary/aromatic N) is 2. The Morgan fingerprint density at radius 2 is 1.96 bits per heavy atom. The predicted molar refractivity (Wildman–Crippen MR) is 86.5 cm³/mol. The Morgan fingerprint density at radius 3 is 2.46 bits per heavy atom. The standard InChI is InChI=1S/C17H19N3O4/c1-11-10-14(15(21)18-17(16(22)23)8-3-9-17)19-20(11)12-4-6-13(24-2)7-5-12/h4-7,10H,3,8-9H2,1-2H3,(H,18,21)(H,22,23). The molecule has 2 aromatic rings. The number of hydrogen-bond donors (Lipinski definition) is 2. The summed E-state index contributed by atoms with van der Waals surface area (Å²) < 4.78 is 6.77. The van der Waals surface area contributed by atoms with Gasteiger partial charge in [0.25, 0.3) is 5.91 Å². The summed E-state index contributed by atoms with van der Waals surface area (Å²) in [6.07, 6.45) is 1.70. The molecule has 0 spiro atoms. The number of carbonyl (C=O) groups is 2. The van der Waals surface area contributed by atoms with E-state index >= 15 is 0 Å². The Bertz CT molecular complexity index is 776. The molecule has 0 radical (unpaired) electrons. The Labute approximate surface area is 139 Å². The Kier molecular flexibility index (Phi) is 4.01. The molecule has 7 heteroatoms. The number of benzene rings is 1. The van der Waals surface area contributed by atoms with E-state index in [1.165, 1.54) is 0 Å². The first kappa shape index (κ1) is 16.0. The first-order chi connectivity index (χ1) is 11.4. The van der Waals surface area contributed by atoms with Gasteiger partial charge in [-0.3, -0.25) is 4.79 Å². The molecular formula is C17H19N3O4. The number of aromatic nitrogens is 2. The Morgan fingerprint density at radius 1 is 1.29 bits per heavy atom. The van der Waals surface area contributed by atoms with Crippen molar-refractivity contribution in [3.05, 3.63) is 41.7 Å². The number of carboxylic acid groups (broad SMARTS) is 1. The van der Waals surface area contributed by atoms with Crippen molar-refractivity contribution in [1.82, 2.24) is 15.1 Å². The van der Waals surface area contributed by atoms with Gasteiger partial charge in [0, 0.05) is 5.69 Å². The van der Waals surface area contributed by atoms with E-state index in [2.05, 4.69) is 10.4 Å². The third-order valence-electron chi connectivity index (χ3n) is 4.41. The fourth-order valence-electron chi connectivity index (χ4n) is 2.77. The highest BCUT2D eigenvalue weighted by Gasteiger charge is 2.46. The molecular weight excluding hydrogens is 310 g/mol. The quantitative estimate of drug-likeness (QED) is 0.874. The number of aliphatic carboxylic acids is 1. The lowest BCUT2D eigenvalue weighted by atomic mass is 9.76. The summed E-state index contributed by atoms with van der Waals surface area (Å²) >= 11 is 0. The minimum absolute atomic E-state index is 0.204. The average Bonchev–Trinajstić information content (AvgIpc) is 2.92. The summed E-state index contributed by atoms with van der Waals surface area (Å²) in [4.78, 5) is 23.8. The van der Waals surface area contributed by atoms with E-state index in [4.69, 9.17) is 4.74 Å². The van der Waals surface area contributed by atoms with Gasteiger partial charge < -0.3 is 15.2 Å². The highest BCUT2D eigenvalue weighted by atomic mass is 16.5. The summed E-state index contributed by atoms with van der Waals surface area (Å²) in [5.41, 5.74) is 0.637. The topological polar surface area (TPSA) is 93.5 Å². The van der Waals surface area contributed by atoms with Gasteiger partial charge in [-0.2, -0.15) is 5.10 Å². The second-order valence-electron chi connectivity index (χ2n) is 5.98. The molecule has 1 heterocycles. The molecule has 1 saturated carbocycles. The van der Waals surface area contributed by atoms with Crippen LogP contribution in [0.5, 0.6) is 5.75 Å². The summed E-state index contributed by atoms with van der Waals surface area (Å²) in [5.74, 6) is -0.726. The molecule has 1 fully saturated rings. The second-order valence-corrected chi connectivity index (χ2v) is 5.98. The third-order valence-corrected chi connectivity index (χ3v) is 4.41. The van der Waals surface area contributed by atoms with Crippen LogP contribution in [-0.4, -0.2) is 39.4 Å². The number of carbonyl (C=O) groups excluding carboxylic acids is 1. The monoisotopic (exact) mass is 329 g/mol. The van der Waals surface area contributed by atoms with Gasteiger partial charge >= 0.3 is 5.97 Å². The first-order valence-electron chi connectivity index (χ1n) is 7.72. The van der Waals surface area contributed by atoms with Crippen LogP contribution >= 0.6 is 0 Å². The number of ether oxygens (including phenoxy) is 1. The normalized spacial score (nSPS) is 15.4. The highest BCUT2D eigenvalue weighted by Crippen LogP contribution is 2.32. The third kappa shape index (κ3) is 2.73. The van der Waals surface area contributed by atoms with Gasteiger partial charge in [0.15, 0.2) is 5.69 Å². The molecule has 0 bridgehead atoms. The molecule has 1 amide bonds. The van der Waals surface area contributed by atoms with Crippen molar-refractivity contribution in [2.24, 2.45) is 0 Å². The first-order valence-corrected chi connectivity index (χ1v) is 7.72. The maximum Gasteiger partial charge on any atom is 0.329 e. The lowest BCUT2D eigenvalue weighted by Crippen LogP contribution is -2.59. The van der Waals surface area contributed by atoms with Crippen molar-refractivity contribution in [1.29, 1.82) is 0 Å². The molecule has 2 N–H and O–H groups in total. The Hall–Kier alpha value is -2.83. The van der Waals surface area contributed by atoms with Crippen LogP contribution < -0.4 is 10.1 Å². The largest absolute Gasteiger partial charge is 0.497 e. The van der Waals surface area contributed by atoms with Crippen LogP contribution in [0.25, 0.3) is 5.69 Å². The van der Waals surface area contributed by atoms with E-state index < -0.39 is 17.4 Å². The maximum absolute atomic E-state index is 12.4. The number of nitrogens with one attached hydrogen (secondary N) is 1. The SMILES string of the molecule is COc1ccc(-n2nc(C(=O)NC3(C(=O)O)CCC3)cc2C)cc1. The number of carboxylic acids is 1. The number of methoxy groups -OCH3 is 1. The maximum atomic E-state index is 12.4. The number of hydrogen-bond acceptors (Lipinski definition) is 4. The van der Waals surface area contributed by atoms with E-state index in [9.17, 15) is 14.7 Å². The fourth-order valence-corrected chi connectivity index (χ4v) is 2.77. The van der Waals surface area contributed by atoms with Gasteiger partial charge in [-0.15, -0.1) is 0 Å². The van der Waals surface area contributed by atoms with Crippen molar-refractivity contribution in [3.8, 4) is 11.4 Å². The van der Waals surface area contributed by atoms with Gasteiger partial charge in [-0.1, -0.05) is 0 Å². The summed E-state index contributed by atoms with van der Waals surface area (Å²) in [6, 6.07) is 8.94. The zero-order valence-corrected chi connectivity index (χ0v) is 13.6. The van der Waals surface area contributed by atoms with Crippen LogP contribution in [0.4, 0.5) is 0 Å². The fraction of sp³-hybridized carbons (Fsp3) is 0.353. The van der Waals surface area contributed by atoms with E-state index in [1.807, 2.05) is 31.2 Å². The minimum atomic E-state index is -1.14. The van der Waals surface area contributed by atoms with Crippen molar-refractivity contribution in [3.63, 3.8) is 0 Å². The number of amides is 1. The van der Waals surface area contributed by atoms with Gasteiger partial charge in [-0.25, -0.2) is 9.48 Å². The molecule has 0 unspecified atom stereocenters. The van der Waals surface area contributed by atoms with Gasteiger partial charge in [-0.05, 0) is 56.5 Å². The molecule has 1 aromatic carbocycles. The lowest BCUT2D eigenvalue weighted by Gasteiger charge is -2.37. The van der Waals surface area contributed by atoms with Crippen LogP contribution in [0.1, 0.15) is 35.4 Å². The highest BCUT2D eigenvalue weighted by molar-refractivity contribution is 5.96. The van der Waals surface area contributed by atoms with Crippen LogP contribution in [0.2, 0.25) is 0 Å². The van der Waals surface area contributed by atoms with Crippen molar-refractivity contribution in [2.75, 3.05) is 7.11 Å². The van der Waals surface area contributed by atoms with Gasteiger partial charge in [0.05, 0.1) is 12.8 Å². The molecule has 1 aliphatic carbocycles. The number of aryl methyl sites for hydroxylation is 1. The van der Waals surface area contributed by atoms with Gasteiger partial charge in [0.1, 0.15) is 11.3 Å². The number of rotatable bonds is 5. The molecule has 0 saturated heterocycles. The average molecular weight is 329 g/mol. The molecule has 0 aliphatic heterocycles. The molecule has 126 valence electrons. The second kappa shape index (κ2) is 5.99. The van der Waals surface area contributed by atoms with Crippen molar-refractivity contribution < 1.29 is 19.4 Å². The van der Waals surface area contributed by atoms with Crippen molar-refractivity contribution >= 4 is 11.9 Å². The van der Waals surface area contributed by atoms with E-state index in [1.54, 1.807) is 17.9 Å². The molecule has 0 atom stereocenters. The van der Waals surface area contributed by atoms with Crippen LogP contribution in [0.15, 0.2) is 30.3 Å². The molecule has 7 nitrogen and oxygen atoms in total. The predicted octanol–water partition coefficient (Wildman–Crippen LogP) is 1.93. The van der Waals surface area contributed by atoms with E-state index in [0.717, 1.165) is 23.6 Å². The summed E-state index contributed by atoms with van der Waals surface area (Å²) in [6.45, 7) is 1.84. The van der Waals surface area contributed by atoms with Crippen LogP contribution in [0.3, 0.4) is 0 Å². The molecule has 1 aliphatic rings. The van der Waals surface area contributed by atoms with Crippen LogP contribution in [-0.2, 0) is 4.79 Å². The van der Waals surface area contributed by atoms with Crippen molar-refractivity contribution in [2.45, 2.75) is 31.7 Å². The van der Waals surface area contributed by atoms with Gasteiger partial charge in [0.2, 0.25) is 0 Å². The Balaban J connectivity index is 1.82. The summed E-state index contributed by atoms with van der Waals surface area (Å²) in [7, 11) is 1.59. The van der Waals surface area contributed by atoms with E-state index in [0.29, 0.717) is 12.8 Å². The van der Waals surface area contributed by atoms with E-state index in [-0.39, 0.29) is 5.69 Å². The zero-order chi connectivity index (χ0) is 17.3. The zero-order valence-electron chi connectivity index (χ0n) is 13.6.